The van der Waals surface area contributed by atoms with Gasteiger partial charge in [0, 0.05) is 30.1 Å². The second kappa shape index (κ2) is 6.86. The molecule has 3 rings (SSSR count). The zero-order valence-corrected chi connectivity index (χ0v) is 13.1. The first-order valence-electron chi connectivity index (χ1n) is 8.24. The minimum absolute atomic E-state index is 0.0306. The van der Waals surface area contributed by atoms with E-state index in [0.717, 1.165) is 31.2 Å². The smallest absolute Gasteiger partial charge is 0.326 e. The third-order valence-electron chi connectivity index (χ3n) is 4.62. The molecule has 0 spiro atoms. The van der Waals surface area contributed by atoms with Crippen molar-refractivity contribution in [3.05, 3.63) is 36.0 Å². The molecule has 2 heterocycles. The van der Waals surface area contributed by atoms with Gasteiger partial charge in [-0.15, -0.1) is 0 Å². The number of hydrogen-bond acceptors (Lipinski definition) is 2. The van der Waals surface area contributed by atoms with Crippen LogP contribution in [0.1, 0.15) is 37.7 Å². The van der Waals surface area contributed by atoms with E-state index in [4.69, 9.17) is 0 Å². The molecule has 2 aromatic rings. The predicted molar refractivity (Wildman–Crippen MR) is 88.2 cm³/mol. The van der Waals surface area contributed by atoms with Crippen LogP contribution in [0, 0.1) is 0 Å². The number of carbonyl (C=O) groups excluding carboxylic acids is 1. The molecular weight excluding hydrogens is 292 g/mol. The molecule has 1 aromatic heterocycles. The number of hydrogen-bond donors (Lipinski definition) is 2. The normalized spacial score (nSPS) is 18.3. The van der Waals surface area contributed by atoms with Crippen LogP contribution in [0.2, 0.25) is 0 Å². The van der Waals surface area contributed by atoms with Gasteiger partial charge in [0.2, 0.25) is 5.91 Å². The monoisotopic (exact) mass is 314 g/mol. The summed E-state index contributed by atoms with van der Waals surface area (Å²) in [4.78, 5) is 28.4. The summed E-state index contributed by atoms with van der Waals surface area (Å²) in [6, 6.07) is 7.48. The molecule has 1 amide bonds. The molecule has 0 radical (unpaired) electrons. The summed E-state index contributed by atoms with van der Waals surface area (Å²) >= 11 is 0. The lowest BCUT2D eigenvalue weighted by atomic mass is 10.0. The molecule has 5 nitrogen and oxygen atoms in total. The van der Waals surface area contributed by atoms with E-state index in [2.05, 4.69) is 11.1 Å². The SMILES string of the molecule is O=C(O)[C@H]1CCCCN1C(=O)CCCc1c[nH]c2ccccc12. The van der Waals surface area contributed by atoms with Crippen molar-refractivity contribution in [3.63, 3.8) is 0 Å². The average molecular weight is 314 g/mol. The van der Waals surface area contributed by atoms with Gasteiger partial charge in [-0.25, -0.2) is 4.79 Å². The Hall–Kier alpha value is -2.30. The fourth-order valence-corrected chi connectivity index (χ4v) is 3.40. The van der Waals surface area contributed by atoms with Gasteiger partial charge in [0.1, 0.15) is 6.04 Å². The third-order valence-corrected chi connectivity index (χ3v) is 4.62. The highest BCUT2D eigenvalue weighted by Gasteiger charge is 2.31. The molecular formula is C18H22N2O3. The molecule has 0 saturated carbocycles. The number of piperidine rings is 1. The lowest BCUT2D eigenvalue weighted by Gasteiger charge is -2.33. The highest BCUT2D eigenvalue weighted by Crippen LogP contribution is 2.21. The molecule has 0 unspecified atom stereocenters. The highest BCUT2D eigenvalue weighted by atomic mass is 16.4. The Bertz CT molecular complexity index is 707. The number of benzene rings is 1. The average Bonchev–Trinajstić information content (AvgIpc) is 2.98. The van der Waals surface area contributed by atoms with Crippen molar-refractivity contribution in [2.24, 2.45) is 0 Å². The van der Waals surface area contributed by atoms with Crippen molar-refractivity contribution in [1.29, 1.82) is 0 Å². The Labute approximate surface area is 135 Å². The van der Waals surface area contributed by atoms with Crippen LogP contribution in [-0.2, 0) is 16.0 Å². The quantitative estimate of drug-likeness (QED) is 0.891. The number of likely N-dealkylation sites (tertiary alicyclic amines) is 1. The van der Waals surface area contributed by atoms with Gasteiger partial charge in [0.15, 0.2) is 0 Å². The van der Waals surface area contributed by atoms with Crippen LogP contribution >= 0.6 is 0 Å². The van der Waals surface area contributed by atoms with Gasteiger partial charge in [-0.05, 0) is 43.7 Å². The summed E-state index contributed by atoms with van der Waals surface area (Å²) in [7, 11) is 0. The largest absolute Gasteiger partial charge is 0.480 e. The number of aryl methyl sites for hydroxylation is 1. The van der Waals surface area contributed by atoms with Gasteiger partial charge in [-0.2, -0.15) is 0 Å². The Morgan fingerprint density at radius 3 is 2.91 bits per heavy atom. The van der Waals surface area contributed by atoms with Crippen molar-refractivity contribution < 1.29 is 14.7 Å². The third kappa shape index (κ3) is 3.38. The van der Waals surface area contributed by atoms with Crippen LogP contribution in [-0.4, -0.2) is 39.5 Å². The second-order valence-electron chi connectivity index (χ2n) is 6.15. The van der Waals surface area contributed by atoms with Gasteiger partial charge in [0.05, 0.1) is 0 Å². The molecule has 0 aliphatic carbocycles. The Kier molecular flexibility index (Phi) is 4.65. The minimum atomic E-state index is -0.880. The number of aliphatic carboxylic acids is 1. The lowest BCUT2D eigenvalue weighted by Crippen LogP contribution is -2.47. The van der Waals surface area contributed by atoms with E-state index in [-0.39, 0.29) is 5.91 Å². The number of H-pyrrole nitrogens is 1. The van der Waals surface area contributed by atoms with Gasteiger partial charge >= 0.3 is 5.97 Å². The predicted octanol–water partition coefficient (Wildman–Crippen LogP) is 2.96. The fourth-order valence-electron chi connectivity index (χ4n) is 3.40. The highest BCUT2D eigenvalue weighted by molar-refractivity contribution is 5.84. The number of rotatable bonds is 5. The van der Waals surface area contributed by atoms with Crippen LogP contribution in [0.5, 0.6) is 0 Å². The minimum Gasteiger partial charge on any atom is -0.480 e. The summed E-state index contributed by atoms with van der Waals surface area (Å²) in [5.74, 6) is -0.911. The molecule has 1 aliphatic heterocycles. The van der Waals surface area contributed by atoms with Crippen LogP contribution in [0.3, 0.4) is 0 Å². The Balaban J connectivity index is 1.57. The van der Waals surface area contributed by atoms with E-state index in [9.17, 15) is 14.7 Å². The maximum atomic E-state index is 12.4. The number of carboxylic acids is 1. The molecule has 1 saturated heterocycles. The van der Waals surface area contributed by atoms with Gasteiger partial charge in [-0.3, -0.25) is 4.79 Å². The standard InChI is InChI=1S/C18H22N2O3/c21-17(20-11-4-3-9-16(20)18(22)23)10-5-6-13-12-19-15-8-2-1-7-14(13)15/h1-2,7-8,12,16,19H,3-6,9-11H2,(H,22,23)/t16-/m1/s1. The summed E-state index contributed by atoms with van der Waals surface area (Å²) in [6.45, 7) is 0.572. The van der Waals surface area contributed by atoms with Gasteiger partial charge in [-0.1, -0.05) is 18.2 Å². The van der Waals surface area contributed by atoms with Crippen LogP contribution < -0.4 is 0 Å². The van der Waals surface area contributed by atoms with E-state index in [1.807, 2.05) is 24.4 Å². The summed E-state index contributed by atoms with van der Waals surface area (Å²) in [5.41, 5.74) is 2.32. The zero-order valence-electron chi connectivity index (χ0n) is 13.1. The number of carbonyl (C=O) groups is 2. The van der Waals surface area contributed by atoms with E-state index in [1.54, 1.807) is 4.90 Å². The molecule has 1 fully saturated rings. The maximum Gasteiger partial charge on any atom is 0.326 e. The second-order valence-corrected chi connectivity index (χ2v) is 6.15. The van der Waals surface area contributed by atoms with Crippen LogP contribution in [0.15, 0.2) is 30.5 Å². The Morgan fingerprint density at radius 1 is 1.26 bits per heavy atom. The van der Waals surface area contributed by atoms with Crippen molar-refractivity contribution in [2.75, 3.05) is 6.54 Å². The lowest BCUT2D eigenvalue weighted by molar-refractivity contribution is -0.152. The number of aromatic nitrogens is 1. The fraction of sp³-hybridized carbons (Fsp3) is 0.444. The zero-order chi connectivity index (χ0) is 16.2. The number of para-hydroxylation sites is 1. The Morgan fingerprint density at radius 2 is 2.09 bits per heavy atom. The first-order valence-corrected chi connectivity index (χ1v) is 8.24. The summed E-state index contributed by atoms with van der Waals surface area (Å²) in [6.07, 6.45) is 6.32. The van der Waals surface area contributed by atoms with Crippen molar-refractivity contribution in [3.8, 4) is 0 Å². The van der Waals surface area contributed by atoms with E-state index in [1.165, 1.54) is 10.9 Å². The molecule has 0 bridgehead atoms. The number of nitrogens with zero attached hydrogens (tertiary/aromatic N) is 1. The molecule has 5 heteroatoms. The molecule has 2 N–H and O–H groups in total. The number of fused-ring (bicyclic) bond motifs is 1. The van der Waals surface area contributed by atoms with E-state index < -0.39 is 12.0 Å². The van der Waals surface area contributed by atoms with Crippen LogP contribution in [0.4, 0.5) is 0 Å². The summed E-state index contributed by atoms with van der Waals surface area (Å²) < 4.78 is 0. The number of carboxylic acid groups (broad SMARTS) is 1. The molecule has 1 aromatic carbocycles. The molecule has 1 atom stereocenters. The molecule has 122 valence electrons. The van der Waals surface area contributed by atoms with Crippen molar-refractivity contribution in [2.45, 2.75) is 44.6 Å². The van der Waals surface area contributed by atoms with E-state index in [0.29, 0.717) is 19.4 Å². The molecule has 23 heavy (non-hydrogen) atoms. The molecule has 1 aliphatic rings. The van der Waals surface area contributed by atoms with E-state index >= 15 is 0 Å². The number of nitrogens with one attached hydrogen (secondary N) is 1. The van der Waals surface area contributed by atoms with Gasteiger partial charge < -0.3 is 15.0 Å². The number of aromatic amines is 1. The van der Waals surface area contributed by atoms with Crippen molar-refractivity contribution in [1.82, 2.24) is 9.88 Å². The van der Waals surface area contributed by atoms with Crippen molar-refractivity contribution >= 4 is 22.8 Å². The first-order chi connectivity index (χ1) is 11.2. The summed E-state index contributed by atoms with van der Waals surface area (Å²) in [5, 5.41) is 10.4. The maximum absolute atomic E-state index is 12.4. The first kappa shape index (κ1) is 15.6. The van der Waals surface area contributed by atoms with Crippen LogP contribution in [0.25, 0.3) is 10.9 Å². The van der Waals surface area contributed by atoms with Gasteiger partial charge in [0.25, 0.3) is 0 Å². The number of amides is 1. The topological polar surface area (TPSA) is 73.4 Å².